The van der Waals surface area contributed by atoms with Crippen molar-refractivity contribution in [1.29, 1.82) is 0 Å². The number of esters is 1. The normalized spacial score (nSPS) is 42.5. The molecule has 0 aliphatic carbocycles. The highest BCUT2D eigenvalue weighted by atomic mass is 19.4. The van der Waals surface area contributed by atoms with Crippen LogP contribution in [0.15, 0.2) is 24.3 Å². The Kier molecular flexibility index (Phi) is 19.6. The molecule has 4 rings (SSSR count). The van der Waals surface area contributed by atoms with Crippen LogP contribution in [0.2, 0.25) is 0 Å². The number of alkyl halides is 3. The minimum atomic E-state index is -4.88. The number of carbonyl (C=O) groups is 1. The molecule has 0 spiro atoms. The maximum atomic E-state index is 14.5. The Hall–Kier alpha value is -2.40. The third-order valence-corrected chi connectivity index (χ3v) is 14.1. The summed E-state index contributed by atoms with van der Waals surface area (Å²) in [5.74, 6) is -3.25. The van der Waals surface area contributed by atoms with Crippen molar-refractivity contribution in [3.8, 4) is 11.5 Å². The molecule has 3 heterocycles. The molecular weight excluding hydrogens is 872 g/mol. The van der Waals surface area contributed by atoms with Crippen LogP contribution < -0.4 is 25.4 Å². The van der Waals surface area contributed by atoms with E-state index in [1.807, 2.05) is 20.8 Å². The molecule has 1 aromatic rings. The van der Waals surface area contributed by atoms with Gasteiger partial charge in [-0.05, 0) is 124 Å². The summed E-state index contributed by atoms with van der Waals surface area (Å²) in [6.45, 7) is 20.3. The molecule has 19 heteroatoms. The van der Waals surface area contributed by atoms with Crippen molar-refractivity contribution < 1.29 is 76.3 Å². The van der Waals surface area contributed by atoms with Gasteiger partial charge in [0.2, 0.25) is 0 Å². The SMILES string of the molecule is CCCNC[C@]1(O)[C@H](C)O[C@@H](O[C@H]2[C@H](C)[C@@H](O[C@@H]3O[C@H](C)C[C@H](NC)[C@H]3Oc3ccc(OC(F)(F)F)cc3)[C@](C)(O)C[C@@H](C)CN[C@H](C)[C@@H](O)[C@](C)(O)[C@@H](CC)OC(=O)[C@@H]2C)C[C@@]1(C)OC. The predicted octanol–water partition coefficient (Wildman–Crippen LogP) is 4.57. The van der Waals surface area contributed by atoms with Crippen LogP contribution >= 0.6 is 0 Å². The maximum Gasteiger partial charge on any atom is 0.573 e. The van der Waals surface area contributed by atoms with Gasteiger partial charge in [-0.1, -0.05) is 27.7 Å². The Bertz CT molecular complexity index is 1660. The molecule has 382 valence electrons. The molecule has 18 atom stereocenters. The third-order valence-electron chi connectivity index (χ3n) is 14.1. The zero-order chi connectivity index (χ0) is 49.6. The van der Waals surface area contributed by atoms with E-state index in [-0.39, 0.29) is 43.6 Å². The first-order valence-electron chi connectivity index (χ1n) is 23.5. The first-order valence-corrected chi connectivity index (χ1v) is 23.5. The highest BCUT2D eigenvalue weighted by molar-refractivity contribution is 5.73. The van der Waals surface area contributed by atoms with Crippen LogP contribution in [0.5, 0.6) is 11.5 Å². The summed E-state index contributed by atoms with van der Waals surface area (Å²) in [5, 5.41) is 58.0. The molecule has 0 saturated carbocycles. The number of ether oxygens (including phenoxy) is 8. The second kappa shape index (κ2) is 23.0. The number of carbonyl (C=O) groups excluding carboxylic acids is 1. The highest BCUT2D eigenvalue weighted by Crippen LogP contribution is 2.43. The molecule has 0 radical (unpaired) electrons. The number of cyclic esters (lactones) is 1. The number of hydrogen-bond acceptors (Lipinski definition) is 16. The summed E-state index contributed by atoms with van der Waals surface area (Å²) in [6, 6.07) is 3.89. The fraction of sp³-hybridized carbons (Fsp3) is 0.851. The molecule has 3 saturated heterocycles. The molecule has 0 unspecified atom stereocenters. The van der Waals surface area contributed by atoms with Crippen molar-refractivity contribution in [3.05, 3.63) is 24.3 Å². The lowest BCUT2D eigenvalue weighted by Crippen LogP contribution is -2.70. The van der Waals surface area contributed by atoms with Gasteiger partial charge in [-0.2, -0.15) is 0 Å². The Labute approximate surface area is 389 Å². The Morgan fingerprint density at radius 2 is 1.56 bits per heavy atom. The molecule has 66 heavy (non-hydrogen) atoms. The summed E-state index contributed by atoms with van der Waals surface area (Å²) in [4.78, 5) is 14.5. The quantitative estimate of drug-likeness (QED) is 0.101. The van der Waals surface area contributed by atoms with Gasteiger partial charge < -0.3 is 74.3 Å². The summed E-state index contributed by atoms with van der Waals surface area (Å²) in [7, 11) is 3.24. The summed E-state index contributed by atoms with van der Waals surface area (Å²) in [5.41, 5.74) is -6.28. The number of likely N-dealkylation sites (N-methyl/N-ethyl adjacent to an activating group) is 1. The number of methoxy groups -OCH3 is 1. The first kappa shape index (κ1) is 56.2. The van der Waals surface area contributed by atoms with Gasteiger partial charge >= 0.3 is 12.3 Å². The van der Waals surface area contributed by atoms with Gasteiger partial charge in [0.25, 0.3) is 0 Å². The van der Waals surface area contributed by atoms with Gasteiger partial charge in [0.15, 0.2) is 18.7 Å². The minimum Gasteiger partial charge on any atom is -0.483 e. The fourth-order valence-corrected chi connectivity index (χ4v) is 10.0. The van der Waals surface area contributed by atoms with Crippen molar-refractivity contribution in [3.63, 3.8) is 0 Å². The molecule has 3 fully saturated rings. The van der Waals surface area contributed by atoms with Crippen LogP contribution in [0.1, 0.15) is 108 Å². The minimum absolute atomic E-state index is 0.0277. The lowest BCUT2D eigenvalue weighted by Gasteiger charge is -2.53. The van der Waals surface area contributed by atoms with E-state index in [2.05, 4.69) is 20.7 Å². The summed E-state index contributed by atoms with van der Waals surface area (Å²) >= 11 is 0. The van der Waals surface area contributed by atoms with E-state index < -0.39 is 114 Å². The van der Waals surface area contributed by atoms with E-state index in [1.54, 1.807) is 55.5 Å². The third kappa shape index (κ3) is 13.5. The number of halogens is 3. The van der Waals surface area contributed by atoms with Crippen molar-refractivity contribution in [2.75, 3.05) is 33.8 Å². The van der Waals surface area contributed by atoms with Gasteiger partial charge in [0.05, 0.1) is 42.0 Å². The number of rotatable bonds is 14. The smallest absolute Gasteiger partial charge is 0.483 e. The topological polar surface area (TPSA) is 208 Å². The predicted molar refractivity (Wildman–Crippen MR) is 239 cm³/mol. The Morgan fingerprint density at radius 1 is 0.924 bits per heavy atom. The lowest BCUT2D eigenvalue weighted by atomic mass is 9.75. The summed E-state index contributed by atoms with van der Waals surface area (Å²) < 4.78 is 88.4. The second-order valence-corrected chi connectivity index (χ2v) is 19.7. The highest BCUT2D eigenvalue weighted by Gasteiger charge is 2.58. The van der Waals surface area contributed by atoms with E-state index in [1.165, 1.54) is 26.2 Å². The maximum absolute atomic E-state index is 14.5. The zero-order valence-electron chi connectivity index (χ0n) is 41.1. The standard InChI is InChI=1S/C47H80F3N3O13/c1-14-20-52-25-46(58)31(8)61-36(23-44(46,10)59-13)64-37-28(5)40(43(9,56)22-26(3)24-53-30(7)39(54)45(11,57)35(15-2)63-41(55)29(37)6)65-42-38(34(51-12)21-27(4)60-42)62-32-16-18-33(19-17-32)66-47(48,49)50/h16-19,26-31,34-40,42,51-54,56-58H,14-15,20-25H2,1-13H3/t26-,27-,28+,29-,30-,31+,34+,35-,36+,37+,38-,39-,40-,42+,43-,44-,45-,46+/m1/s1. The van der Waals surface area contributed by atoms with Crippen molar-refractivity contribution >= 4 is 5.97 Å². The van der Waals surface area contributed by atoms with Crippen LogP contribution in [0, 0.1) is 17.8 Å². The largest absolute Gasteiger partial charge is 0.573 e. The molecule has 0 amide bonds. The van der Waals surface area contributed by atoms with Crippen LogP contribution in [0.25, 0.3) is 0 Å². The van der Waals surface area contributed by atoms with Crippen LogP contribution in [0.4, 0.5) is 13.2 Å². The molecule has 1 aromatic carbocycles. The Balaban J connectivity index is 1.84. The van der Waals surface area contributed by atoms with Crippen molar-refractivity contribution in [2.24, 2.45) is 17.8 Å². The number of aliphatic hydroxyl groups is 4. The van der Waals surface area contributed by atoms with E-state index in [0.29, 0.717) is 19.5 Å². The first-order chi connectivity index (χ1) is 30.7. The number of hydrogen-bond donors (Lipinski definition) is 7. The number of nitrogens with one attached hydrogen (secondary N) is 3. The molecule has 16 nitrogen and oxygen atoms in total. The van der Waals surface area contributed by atoms with Gasteiger partial charge in [0, 0.05) is 32.0 Å². The molecular formula is C47H80F3N3O13. The number of aliphatic hydroxyl groups excluding tert-OH is 1. The number of benzene rings is 1. The van der Waals surface area contributed by atoms with E-state index in [0.717, 1.165) is 18.6 Å². The summed E-state index contributed by atoms with van der Waals surface area (Å²) in [6.07, 6.45) is -12.5. The van der Waals surface area contributed by atoms with E-state index in [4.69, 9.17) is 33.2 Å². The molecule has 3 aliphatic rings. The average Bonchev–Trinajstić information content (AvgIpc) is 3.24. The van der Waals surface area contributed by atoms with Crippen LogP contribution in [-0.4, -0.2) is 156 Å². The van der Waals surface area contributed by atoms with E-state index >= 15 is 0 Å². The van der Waals surface area contributed by atoms with Gasteiger partial charge in [0.1, 0.15) is 40.5 Å². The van der Waals surface area contributed by atoms with Crippen molar-refractivity contribution in [1.82, 2.24) is 16.0 Å². The zero-order valence-corrected chi connectivity index (χ0v) is 41.1. The van der Waals surface area contributed by atoms with Crippen LogP contribution in [-0.2, 0) is 33.2 Å². The fourth-order valence-electron chi connectivity index (χ4n) is 10.0. The van der Waals surface area contributed by atoms with Gasteiger partial charge in [-0.15, -0.1) is 13.2 Å². The molecule has 0 aromatic heterocycles. The Morgan fingerprint density at radius 3 is 2.14 bits per heavy atom. The van der Waals surface area contributed by atoms with Gasteiger partial charge in [-0.3, -0.25) is 4.79 Å². The van der Waals surface area contributed by atoms with Crippen LogP contribution in [0.3, 0.4) is 0 Å². The molecule has 3 aliphatic heterocycles. The lowest BCUT2D eigenvalue weighted by molar-refractivity contribution is -0.335. The average molecular weight is 952 g/mol. The van der Waals surface area contributed by atoms with Gasteiger partial charge in [-0.25, -0.2) is 0 Å². The monoisotopic (exact) mass is 952 g/mol. The van der Waals surface area contributed by atoms with Crippen molar-refractivity contribution in [2.45, 2.75) is 204 Å². The molecule has 0 bridgehead atoms. The molecule has 7 N–H and O–H groups in total. The van der Waals surface area contributed by atoms with E-state index in [9.17, 15) is 38.4 Å². The second-order valence-electron chi connectivity index (χ2n) is 19.7.